The van der Waals surface area contributed by atoms with Crippen LogP contribution in [-0.4, -0.2) is 23.7 Å². The maximum Gasteiger partial charge on any atom is 0.352 e. The summed E-state index contributed by atoms with van der Waals surface area (Å²) in [6.45, 7) is 2.60. The normalized spacial score (nSPS) is 11.5. The molecule has 1 aromatic rings. The second-order valence-corrected chi connectivity index (χ2v) is 7.12. The van der Waals surface area contributed by atoms with Crippen LogP contribution < -0.4 is 22.5 Å². The van der Waals surface area contributed by atoms with E-state index in [1.807, 2.05) is 0 Å². The Labute approximate surface area is 160 Å². The number of nitrogens with zero attached hydrogens (tertiary/aromatic N) is 4. The van der Waals surface area contributed by atoms with E-state index in [-0.39, 0.29) is 22.4 Å². The first-order valence-corrected chi connectivity index (χ1v) is 9.60. The van der Waals surface area contributed by atoms with E-state index in [0.717, 1.165) is 41.2 Å². The molecule has 0 radical (unpaired) electrons. The topological polar surface area (TPSA) is 112 Å². The van der Waals surface area contributed by atoms with Gasteiger partial charge in [-0.3, -0.25) is 23.7 Å². The van der Waals surface area contributed by atoms with Crippen molar-refractivity contribution in [2.75, 3.05) is 0 Å². The third-order valence-electron chi connectivity index (χ3n) is 5.13. The summed E-state index contributed by atoms with van der Waals surface area (Å²) in [5, 5.41) is 0.220. The summed E-state index contributed by atoms with van der Waals surface area (Å²) < 4.78 is 3.50. The lowest BCUT2D eigenvalue weighted by atomic mass is 10.1. The van der Waals surface area contributed by atoms with Crippen LogP contribution in [0.15, 0.2) is 25.2 Å². The van der Waals surface area contributed by atoms with E-state index >= 15 is 0 Å². The van der Waals surface area contributed by atoms with Gasteiger partial charge < -0.3 is 4.57 Å². The molecular formula is C19H25N5O4. The molecule has 0 saturated carbocycles. The maximum atomic E-state index is 12.6. The van der Waals surface area contributed by atoms with E-state index in [2.05, 4.69) is 16.9 Å². The molecule has 3 rings (SSSR count). The highest BCUT2D eigenvalue weighted by atomic mass is 16.2. The van der Waals surface area contributed by atoms with Crippen LogP contribution in [0.1, 0.15) is 45.4 Å². The lowest BCUT2D eigenvalue weighted by Gasteiger charge is -2.17. The highest BCUT2D eigenvalue weighted by Gasteiger charge is 2.21. The number of unbranched alkanes of at least 4 members (excludes halogenated alkanes) is 5. The lowest BCUT2D eigenvalue weighted by molar-refractivity contribution is 0.559. The fraction of sp³-hybridized carbons (Fsp3) is 0.526. The number of aromatic nitrogens is 5. The van der Waals surface area contributed by atoms with Gasteiger partial charge in [0.15, 0.2) is 5.82 Å². The molecule has 9 heteroatoms. The van der Waals surface area contributed by atoms with E-state index in [4.69, 9.17) is 0 Å². The number of H-pyrrole nitrogens is 1. The Morgan fingerprint density at radius 3 is 2.32 bits per heavy atom. The minimum atomic E-state index is -0.667. The van der Waals surface area contributed by atoms with E-state index in [0.29, 0.717) is 6.54 Å². The van der Waals surface area contributed by atoms with Gasteiger partial charge in [0.25, 0.3) is 11.1 Å². The molecule has 2 aliphatic heterocycles. The Hall–Kier alpha value is -2.97. The van der Waals surface area contributed by atoms with E-state index < -0.39 is 22.5 Å². The fourth-order valence-electron chi connectivity index (χ4n) is 3.41. The van der Waals surface area contributed by atoms with Crippen LogP contribution in [0, 0.1) is 0 Å². The zero-order valence-electron chi connectivity index (χ0n) is 16.4. The summed E-state index contributed by atoms with van der Waals surface area (Å²) in [4.78, 5) is 56.1. The highest BCUT2D eigenvalue weighted by Crippen LogP contribution is 2.21. The Kier molecular flexibility index (Phi) is 5.62. The second-order valence-electron chi connectivity index (χ2n) is 7.12. The quantitative estimate of drug-likeness (QED) is 0.479. The summed E-state index contributed by atoms with van der Waals surface area (Å²) in [7, 11) is 2.73. The molecule has 1 aromatic heterocycles. The lowest BCUT2D eigenvalue weighted by Crippen LogP contribution is -2.38. The Morgan fingerprint density at radius 2 is 1.61 bits per heavy atom. The molecule has 0 unspecified atom stereocenters. The molecule has 0 aromatic carbocycles. The molecule has 0 saturated heterocycles. The summed E-state index contributed by atoms with van der Waals surface area (Å²) in [5.41, 5.74) is -1.76. The average Bonchev–Trinajstić information content (AvgIpc) is 2.67. The Balaban J connectivity index is 2.19. The number of aromatic amines is 1. The third-order valence-corrected chi connectivity index (χ3v) is 5.13. The predicted molar refractivity (Wildman–Crippen MR) is 107 cm³/mol. The van der Waals surface area contributed by atoms with Crippen LogP contribution >= 0.6 is 0 Å². The Morgan fingerprint density at radius 1 is 0.929 bits per heavy atom. The van der Waals surface area contributed by atoms with Crippen LogP contribution in [-0.2, 0) is 20.6 Å². The smallest absolute Gasteiger partial charge is 0.311 e. The van der Waals surface area contributed by atoms with Gasteiger partial charge in [-0.1, -0.05) is 39.0 Å². The first-order valence-electron chi connectivity index (χ1n) is 9.60. The van der Waals surface area contributed by atoms with Crippen LogP contribution in [0.25, 0.3) is 22.4 Å². The first-order chi connectivity index (χ1) is 13.4. The number of aryl methyl sites for hydroxylation is 1. The number of rotatable bonds is 7. The molecule has 0 atom stereocenters. The molecule has 0 spiro atoms. The molecule has 0 fully saturated rings. The number of hydrogen-bond acceptors (Lipinski definition) is 5. The molecule has 0 aliphatic carbocycles. The van der Waals surface area contributed by atoms with Crippen molar-refractivity contribution in [2.24, 2.45) is 14.1 Å². The zero-order valence-corrected chi connectivity index (χ0v) is 16.4. The van der Waals surface area contributed by atoms with Crippen molar-refractivity contribution in [3.8, 4) is 11.4 Å². The average molecular weight is 387 g/mol. The van der Waals surface area contributed by atoms with Crippen molar-refractivity contribution < 1.29 is 0 Å². The monoisotopic (exact) mass is 387 g/mol. The molecule has 9 nitrogen and oxygen atoms in total. The first kappa shape index (κ1) is 19.8. The summed E-state index contributed by atoms with van der Waals surface area (Å²) in [6.07, 6.45) is 6.33. The van der Waals surface area contributed by atoms with Crippen molar-refractivity contribution in [2.45, 2.75) is 52.0 Å². The standard InChI is InChI=1S/C19H25N5O4/c1-4-5-6-7-8-9-10-24-14-12(16(25)22(2)18(27)20-14)11-13-15(24)21-19(28)23(3)17(13)26/h11H,4-10H2,1-3H3,(H,20,27). The third kappa shape index (κ3) is 3.44. The number of fused-ring (bicyclic) bond motifs is 2. The second kappa shape index (κ2) is 7.95. The summed E-state index contributed by atoms with van der Waals surface area (Å²) in [5.74, 6) is 0.193. The van der Waals surface area contributed by atoms with Crippen molar-refractivity contribution in [3.05, 3.63) is 47.7 Å². The van der Waals surface area contributed by atoms with Gasteiger partial charge in [0.2, 0.25) is 0 Å². The SMILES string of the molecule is CCCCCCCCn1c2nc(=O)n(C)c(=O)c-2cc2c(=O)n(C)c(=O)[nH]c21. The van der Waals surface area contributed by atoms with Gasteiger partial charge in [-0.05, 0) is 12.5 Å². The van der Waals surface area contributed by atoms with Crippen LogP contribution in [0.5, 0.6) is 0 Å². The van der Waals surface area contributed by atoms with Crippen molar-refractivity contribution >= 4 is 11.0 Å². The zero-order chi connectivity index (χ0) is 20.4. The largest absolute Gasteiger partial charge is 0.352 e. The molecule has 28 heavy (non-hydrogen) atoms. The van der Waals surface area contributed by atoms with Crippen LogP contribution in [0.3, 0.4) is 0 Å². The predicted octanol–water partition coefficient (Wildman–Crippen LogP) is 0.948. The van der Waals surface area contributed by atoms with Gasteiger partial charge in [0.1, 0.15) is 5.65 Å². The van der Waals surface area contributed by atoms with Gasteiger partial charge in [0.05, 0.1) is 10.9 Å². The summed E-state index contributed by atoms with van der Waals surface area (Å²) >= 11 is 0. The molecule has 0 bridgehead atoms. The molecule has 2 aliphatic rings. The van der Waals surface area contributed by atoms with Gasteiger partial charge in [0, 0.05) is 20.6 Å². The van der Waals surface area contributed by atoms with Crippen molar-refractivity contribution in [1.29, 1.82) is 0 Å². The van der Waals surface area contributed by atoms with Gasteiger partial charge in [-0.2, -0.15) is 4.98 Å². The molecule has 150 valence electrons. The van der Waals surface area contributed by atoms with Gasteiger partial charge in [-0.25, -0.2) is 9.59 Å². The molecule has 3 heterocycles. The highest BCUT2D eigenvalue weighted by molar-refractivity contribution is 5.81. The van der Waals surface area contributed by atoms with E-state index in [1.54, 1.807) is 4.57 Å². The molecular weight excluding hydrogens is 362 g/mol. The minimum absolute atomic E-state index is 0.185. The Bertz CT molecular complexity index is 1200. The number of nitrogens with one attached hydrogen (secondary N) is 1. The minimum Gasteiger partial charge on any atom is -0.311 e. The number of hydrogen-bond donors (Lipinski definition) is 1. The van der Waals surface area contributed by atoms with Gasteiger partial charge in [-0.15, -0.1) is 0 Å². The van der Waals surface area contributed by atoms with Crippen molar-refractivity contribution in [1.82, 2.24) is 23.7 Å². The summed E-state index contributed by atoms with van der Waals surface area (Å²) in [6, 6.07) is 1.41. The van der Waals surface area contributed by atoms with Crippen LogP contribution in [0.2, 0.25) is 0 Å². The van der Waals surface area contributed by atoms with Gasteiger partial charge >= 0.3 is 11.4 Å². The maximum absolute atomic E-state index is 12.6. The molecule has 0 amide bonds. The van der Waals surface area contributed by atoms with E-state index in [1.165, 1.54) is 26.6 Å². The number of pyridine rings is 1. The van der Waals surface area contributed by atoms with Crippen molar-refractivity contribution in [3.63, 3.8) is 0 Å². The molecule has 1 N–H and O–H groups in total. The van der Waals surface area contributed by atoms with E-state index in [9.17, 15) is 19.2 Å². The van der Waals surface area contributed by atoms with Crippen LogP contribution in [0.4, 0.5) is 0 Å². The fourth-order valence-corrected chi connectivity index (χ4v) is 3.41.